The molecule has 78 valence electrons. The van der Waals surface area contributed by atoms with Crippen LogP contribution >= 0.6 is 0 Å². The van der Waals surface area contributed by atoms with Gasteiger partial charge in [-0.2, -0.15) is 0 Å². The molecule has 2 nitrogen and oxygen atoms in total. The summed E-state index contributed by atoms with van der Waals surface area (Å²) in [5.74, 6) is 0.785. The van der Waals surface area contributed by atoms with E-state index in [4.69, 9.17) is 0 Å². The Morgan fingerprint density at radius 2 is 1.86 bits per heavy atom. The average molecular weight is 193 g/mol. The molecule has 0 radical (unpaired) electrons. The molecule has 0 spiro atoms. The van der Waals surface area contributed by atoms with Crippen molar-refractivity contribution in [3.8, 4) is 0 Å². The van der Waals surface area contributed by atoms with Crippen molar-refractivity contribution in [1.29, 1.82) is 0 Å². The standard InChI is InChI=1S/C12H19NO/c1-8(2)13-10-3-9-4-11(13)7-12(14,5-9)6-10/h9-11,14H,1,3-7H2,2H3. The van der Waals surface area contributed by atoms with E-state index < -0.39 is 0 Å². The summed E-state index contributed by atoms with van der Waals surface area (Å²) in [5, 5.41) is 10.3. The van der Waals surface area contributed by atoms with Crippen LogP contribution in [-0.4, -0.2) is 27.7 Å². The third-order valence-electron chi connectivity index (χ3n) is 4.34. The summed E-state index contributed by atoms with van der Waals surface area (Å²) in [6.07, 6.45) is 5.58. The van der Waals surface area contributed by atoms with E-state index in [1.54, 1.807) is 0 Å². The van der Waals surface area contributed by atoms with Gasteiger partial charge >= 0.3 is 0 Å². The Morgan fingerprint density at radius 1 is 1.29 bits per heavy atom. The van der Waals surface area contributed by atoms with Gasteiger partial charge in [-0.05, 0) is 44.9 Å². The van der Waals surface area contributed by atoms with Crippen LogP contribution in [0.5, 0.6) is 0 Å². The maximum atomic E-state index is 10.3. The topological polar surface area (TPSA) is 23.5 Å². The molecular formula is C12H19NO. The van der Waals surface area contributed by atoms with Gasteiger partial charge < -0.3 is 10.0 Å². The third kappa shape index (κ3) is 1.07. The number of hydrogen-bond acceptors (Lipinski definition) is 2. The molecule has 2 atom stereocenters. The lowest BCUT2D eigenvalue weighted by molar-refractivity contribution is -0.146. The lowest BCUT2D eigenvalue weighted by Crippen LogP contribution is -2.63. The minimum atomic E-state index is -0.317. The molecule has 0 aromatic carbocycles. The highest BCUT2D eigenvalue weighted by atomic mass is 16.3. The molecule has 2 saturated heterocycles. The van der Waals surface area contributed by atoms with Crippen LogP contribution in [0.2, 0.25) is 0 Å². The zero-order chi connectivity index (χ0) is 9.92. The number of piperidine rings is 2. The first-order valence-corrected chi connectivity index (χ1v) is 5.74. The van der Waals surface area contributed by atoms with Gasteiger partial charge in [-0.3, -0.25) is 0 Å². The lowest BCUT2D eigenvalue weighted by Gasteiger charge is -2.60. The summed E-state index contributed by atoms with van der Waals surface area (Å²) in [7, 11) is 0. The second-order valence-corrected chi connectivity index (χ2v) is 5.62. The van der Waals surface area contributed by atoms with Crippen molar-refractivity contribution in [1.82, 2.24) is 4.90 Å². The van der Waals surface area contributed by atoms with E-state index in [-0.39, 0.29) is 5.60 Å². The number of hydrogen-bond donors (Lipinski definition) is 1. The van der Waals surface area contributed by atoms with E-state index in [9.17, 15) is 5.11 Å². The van der Waals surface area contributed by atoms with Crippen LogP contribution in [0.25, 0.3) is 0 Å². The lowest BCUT2D eigenvalue weighted by atomic mass is 9.61. The Kier molecular flexibility index (Phi) is 1.59. The Hall–Kier alpha value is -0.500. The van der Waals surface area contributed by atoms with Crippen molar-refractivity contribution in [3.63, 3.8) is 0 Å². The maximum absolute atomic E-state index is 10.3. The first-order valence-electron chi connectivity index (χ1n) is 5.74. The third-order valence-corrected chi connectivity index (χ3v) is 4.34. The van der Waals surface area contributed by atoms with Gasteiger partial charge in [0.15, 0.2) is 0 Å². The molecule has 1 N–H and O–H groups in total. The predicted octanol–water partition coefficient (Wildman–Crippen LogP) is 1.90. The van der Waals surface area contributed by atoms with Crippen LogP contribution in [-0.2, 0) is 0 Å². The van der Waals surface area contributed by atoms with Gasteiger partial charge in [0.25, 0.3) is 0 Å². The fraction of sp³-hybridized carbons (Fsp3) is 0.833. The quantitative estimate of drug-likeness (QED) is 0.687. The molecule has 2 unspecified atom stereocenters. The summed E-state index contributed by atoms with van der Waals surface area (Å²) in [4.78, 5) is 2.48. The summed E-state index contributed by atoms with van der Waals surface area (Å²) in [6, 6.07) is 1.17. The highest BCUT2D eigenvalue weighted by Crippen LogP contribution is 2.52. The van der Waals surface area contributed by atoms with Crippen molar-refractivity contribution >= 4 is 0 Å². The van der Waals surface area contributed by atoms with Gasteiger partial charge in [-0.1, -0.05) is 6.58 Å². The van der Waals surface area contributed by atoms with Crippen LogP contribution < -0.4 is 0 Å². The Labute approximate surface area is 85.6 Å². The van der Waals surface area contributed by atoms with Crippen molar-refractivity contribution in [2.24, 2.45) is 5.92 Å². The maximum Gasteiger partial charge on any atom is 0.0689 e. The zero-order valence-electron chi connectivity index (χ0n) is 8.87. The van der Waals surface area contributed by atoms with Gasteiger partial charge in [0, 0.05) is 17.8 Å². The van der Waals surface area contributed by atoms with E-state index in [0.717, 1.165) is 25.2 Å². The van der Waals surface area contributed by atoms with E-state index >= 15 is 0 Å². The van der Waals surface area contributed by atoms with E-state index in [1.807, 2.05) is 0 Å². The number of allylic oxidation sites excluding steroid dienone is 1. The highest BCUT2D eigenvalue weighted by Gasteiger charge is 2.53. The molecule has 0 aromatic rings. The van der Waals surface area contributed by atoms with Crippen LogP contribution in [0, 0.1) is 5.92 Å². The van der Waals surface area contributed by atoms with Gasteiger partial charge in [0.1, 0.15) is 0 Å². The molecule has 2 heteroatoms. The molecule has 4 bridgehead atoms. The second-order valence-electron chi connectivity index (χ2n) is 5.62. The van der Waals surface area contributed by atoms with E-state index in [2.05, 4.69) is 18.4 Å². The summed E-state index contributed by atoms with van der Waals surface area (Å²) in [6.45, 7) is 6.17. The van der Waals surface area contributed by atoms with Crippen LogP contribution in [0.4, 0.5) is 0 Å². The number of rotatable bonds is 1. The molecule has 0 amide bonds. The molecule has 14 heavy (non-hydrogen) atoms. The first-order chi connectivity index (χ1) is 6.57. The number of aliphatic hydroxyl groups is 1. The van der Waals surface area contributed by atoms with Crippen LogP contribution in [0.3, 0.4) is 0 Å². The largest absolute Gasteiger partial charge is 0.390 e. The molecular weight excluding hydrogens is 174 g/mol. The minimum Gasteiger partial charge on any atom is -0.390 e. The van der Waals surface area contributed by atoms with Crippen LogP contribution in [0.1, 0.15) is 39.0 Å². The van der Waals surface area contributed by atoms with Crippen molar-refractivity contribution in [2.75, 3.05) is 0 Å². The molecule has 4 fully saturated rings. The molecule has 4 aliphatic rings. The fourth-order valence-corrected chi connectivity index (χ4v) is 4.21. The molecule has 2 aliphatic carbocycles. The van der Waals surface area contributed by atoms with Gasteiger partial charge in [0.2, 0.25) is 0 Å². The van der Waals surface area contributed by atoms with E-state index in [1.165, 1.54) is 18.5 Å². The number of nitrogens with zero attached hydrogens (tertiary/aromatic N) is 1. The van der Waals surface area contributed by atoms with E-state index in [0.29, 0.717) is 12.1 Å². The monoisotopic (exact) mass is 193 g/mol. The molecule has 2 aliphatic heterocycles. The Bertz CT molecular complexity index is 270. The van der Waals surface area contributed by atoms with Gasteiger partial charge in [-0.15, -0.1) is 0 Å². The SMILES string of the molecule is C=C(C)N1C2CC3CC1CC(O)(C3)C2. The van der Waals surface area contributed by atoms with Gasteiger partial charge in [-0.25, -0.2) is 0 Å². The summed E-state index contributed by atoms with van der Waals surface area (Å²) >= 11 is 0. The molecule has 2 saturated carbocycles. The Balaban J connectivity index is 1.93. The smallest absolute Gasteiger partial charge is 0.0689 e. The van der Waals surface area contributed by atoms with Crippen LogP contribution in [0.15, 0.2) is 12.3 Å². The fourth-order valence-electron chi connectivity index (χ4n) is 4.21. The average Bonchev–Trinajstić information content (AvgIpc) is 1.97. The zero-order valence-corrected chi connectivity index (χ0v) is 8.87. The van der Waals surface area contributed by atoms with Crippen molar-refractivity contribution in [3.05, 3.63) is 12.3 Å². The van der Waals surface area contributed by atoms with Gasteiger partial charge in [0.05, 0.1) is 5.60 Å². The second kappa shape index (κ2) is 2.54. The molecule has 4 rings (SSSR count). The Morgan fingerprint density at radius 3 is 2.29 bits per heavy atom. The molecule has 0 aromatic heterocycles. The summed E-state index contributed by atoms with van der Waals surface area (Å²) < 4.78 is 0. The highest BCUT2D eigenvalue weighted by molar-refractivity contribution is 5.12. The minimum absolute atomic E-state index is 0.317. The van der Waals surface area contributed by atoms with Crippen molar-refractivity contribution in [2.45, 2.75) is 56.7 Å². The van der Waals surface area contributed by atoms with Crippen molar-refractivity contribution < 1.29 is 5.11 Å². The summed E-state index contributed by atoms with van der Waals surface area (Å²) in [5.41, 5.74) is 0.880. The predicted molar refractivity (Wildman–Crippen MR) is 55.8 cm³/mol. The molecule has 2 heterocycles. The normalized spacial score (nSPS) is 49.9. The first kappa shape index (κ1) is 8.78.